The normalized spacial score (nSPS) is 20.5. The summed E-state index contributed by atoms with van der Waals surface area (Å²) in [5, 5.41) is 3.22. The van der Waals surface area contributed by atoms with E-state index in [2.05, 4.69) is 26.1 Å². The first-order valence-electron chi connectivity index (χ1n) is 6.02. The first-order chi connectivity index (χ1) is 7.06. The van der Waals surface area contributed by atoms with Gasteiger partial charge in [-0.25, -0.2) is 0 Å². The van der Waals surface area contributed by atoms with Crippen molar-refractivity contribution in [2.24, 2.45) is 17.8 Å². The van der Waals surface area contributed by atoms with Crippen LogP contribution in [0.4, 0.5) is 0 Å². The molecule has 0 aliphatic carbocycles. The van der Waals surface area contributed by atoms with Gasteiger partial charge in [0.05, 0.1) is 0 Å². The number of hydrogen-bond donors (Lipinski definition) is 1. The third-order valence-electron chi connectivity index (χ3n) is 3.57. The highest BCUT2D eigenvalue weighted by atomic mass is 16.2. The monoisotopic (exact) mass is 212 g/mol. The summed E-state index contributed by atoms with van der Waals surface area (Å²) in [5.41, 5.74) is 0. The molecule has 3 nitrogen and oxygen atoms in total. The molecular formula is C12H24N2O. The van der Waals surface area contributed by atoms with Gasteiger partial charge >= 0.3 is 0 Å². The van der Waals surface area contributed by atoms with Gasteiger partial charge in [-0.05, 0) is 24.9 Å². The van der Waals surface area contributed by atoms with E-state index < -0.39 is 0 Å². The zero-order valence-electron chi connectivity index (χ0n) is 10.4. The predicted octanol–water partition coefficient (Wildman–Crippen LogP) is 1.35. The molecule has 1 aliphatic rings. The number of nitrogens with zero attached hydrogens (tertiary/aromatic N) is 1. The molecule has 0 aromatic heterocycles. The maximum atomic E-state index is 12.0. The first kappa shape index (κ1) is 12.5. The number of hydrogen-bond acceptors (Lipinski definition) is 2. The summed E-state index contributed by atoms with van der Waals surface area (Å²) < 4.78 is 0. The lowest BCUT2D eigenvalue weighted by Crippen LogP contribution is -2.50. The van der Waals surface area contributed by atoms with Crippen LogP contribution in [-0.4, -0.2) is 37.5 Å². The van der Waals surface area contributed by atoms with Crippen molar-refractivity contribution in [1.29, 1.82) is 0 Å². The van der Waals surface area contributed by atoms with Gasteiger partial charge in [0.1, 0.15) is 0 Å². The van der Waals surface area contributed by atoms with E-state index in [4.69, 9.17) is 0 Å². The second-order valence-electron chi connectivity index (χ2n) is 4.94. The molecule has 88 valence electrons. The van der Waals surface area contributed by atoms with Crippen LogP contribution in [0.3, 0.4) is 0 Å². The van der Waals surface area contributed by atoms with Crippen LogP contribution < -0.4 is 5.32 Å². The summed E-state index contributed by atoms with van der Waals surface area (Å²) in [4.78, 5) is 13.9. The molecule has 1 N–H and O–H groups in total. The van der Waals surface area contributed by atoms with Crippen molar-refractivity contribution in [3.63, 3.8) is 0 Å². The summed E-state index contributed by atoms with van der Waals surface area (Å²) in [6.07, 6.45) is 1.14. The Bertz CT molecular complexity index is 214. The summed E-state index contributed by atoms with van der Waals surface area (Å²) in [6, 6.07) is 0. The predicted molar refractivity (Wildman–Crippen MR) is 62.6 cm³/mol. The molecule has 3 heteroatoms. The highest BCUT2D eigenvalue weighted by Gasteiger charge is 2.30. The van der Waals surface area contributed by atoms with Crippen LogP contribution in [0, 0.1) is 17.8 Å². The molecule has 1 amide bonds. The smallest absolute Gasteiger partial charge is 0.225 e. The van der Waals surface area contributed by atoms with Gasteiger partial charge in [-0.1, -0.05) is 27.2 Å². The standard InChI is InChI=1S/C12H24N2O/c1-5-9(2)8-14(4)12(15)10(3)11-6-13-7-11/h9-11,13H,5-8H2,1-4H3. The van der Waals surface area contributed by atoms with Gasteiger partial charge < -0.3 is 10.2 Å². The van der Waals surface area contributed by atoms with E-state index in [0.29, 0.717) is 17.7 Å². The number of rotatable bonds is 5. The molecule has 0 aromatic rings. The lowest BCUT2D eigenvalue weighted by atomic mass is 9.88. The number of carbonyl (C=O) groups is 1. The minimum Gasteiger partial charge on any atom is -0.345 e. The fraction of sp³-hybridized carbons (Fsp3) is 0.917. The minimum atomic E-state index is 0.181. The van der Waals surface area contributed by atoms with Gasteiger partial charge in [0.15, 0.2) is 0 Å². The zero-order chi connectivity index (χ0) is 11.4. The first-order valence-corrected chi connectivity index (χ1v) is 6.02. The van der Waals surface area contributed by atoms with E-state index in [1.165, 1.54) is 0 Å². The molecule has 1 fully saturated rings. The summed E-state index contributed by atoms with van der Waals surface area (Å²) in [5.74, 6) is 1.64. The molecule has 2 unspecified atom stereocenters. The Morgan fingerprint density at radius 3 is 2.47 bits per heavy atom. The van der Waals surface area contributed by atoms with Crippen LogP contribution in [0.15, 0.2) is 0 Å². The fourth-order valence-corrected chi connectivity index (χ4v) is 1.90. The quantitative estimate of drug-likeness (QED) is 0.746. The molecule has 0 bridgehead atoms. The second-order valence-corrected chi connectivity index (χ2v) is 4.94. The largest absolute Gasteiger partial charge is 0.345 e. The maximum Gasteiger partial charge on any atom is 0.225 e. The van der Waals surface area contributed by atoms with Crippen LogP contribution in [0.1, 0.15) is 27.2 Å². The van der Waals surface area contributed by atoms with Crippen LogP contribution in [0.2, 0.25) is 0 Å². The molecular weight excluding hydrogens is 188 g/mol. The highest BCUT2D eigenvalue weighted by molar-refractivity contribution is 5.78. The molecule has 1 aliphatic heterocycles. The van der Waals surface area contributed by atoms with Crippen molar-refractivity contribution in [2.75, 3.05) is 26.7 Å². The Kier molecular flexibility index (Phi) is 4.58. The van der Waals surface area contributed by atoms with Crippen LogP contribution >= 0.6 is 0 Å². The van der Waals surface area contributed by atoms with Gasteiger partial charge in [-0.2, -0.15) is 0 Å². The SMILES string of the molecule is CCC(C)CN(C)C(=O)C(C)C1CNC1. The number of amides is 1. The molecule has 0 spiro atoms. The minimum absolute atomic E-state index is 0.181. The third kappa shape index (κ3) is 3.20. The Balaban J connectivity index is 2.37. The lowest BCUT2D eigenvalue weighted by Gasteiger charge is -2.34. The number of carbonyl (C=O) groups excluding carboxylic acids is 1. The average Bonchev–Trinajstić information content (AvgIpc) is 2.13. The van der Waals surface area contributed by atoms with Crippen LogP contribution in [0.5, 0.6) is 0 Å². The van der Waals surface area contributed by atoms with Crippen molar-refractivity contribution in [3.8, 4) is 0 Å². The van der Waals surface area contributed by atoms with Crippen molar-refractivity contribution >= 4 is 5.91 Å². The maximum absolute atomic E-state index is 12.0. The Hall–Kier alpha value is -0.570. The molecule has 0 saturated carbocycles. The average molecular weight is 212 g/mol. The van der Waals surface area contributed by atoms with Crippen LogP contribution in [-0.2, 0) is 4.79 Å². The van der Waals surface area contributed by atoms with Gasteiger partial charge in [0.2, 0.25) is 5.91 Å². The van der Waals surface area contributed by atoms with Crippen LogP contribution in [0.25, 0.3) is 0 Å². The summed E-state index contributed by atoms with van der Waals surface area (Å²) in [7, 11) is 1.93. The zero-order valence-corrected chi connectivity index (χ0v) is 10.4. The molecule has 15 heavy (non-hydrogen) atoms. The Morgan fingerprint density at radius 2 is 2.07 bits per heavy atom. The lowest BCUT2D eigenvalue weighted by molar-refractivity contribution is -0.136. The highest BCUT2D eigenvalue weighted by Crippen LogP contribution is 2.18. The molecule has 1 saturated heterocycles. The van der Waals surface area contributed by atoms with Crippen molar-refractivity contribution in [2.45, 2.75) is 27.2 Å². The van der Waals surface area contributed by atoms with Gasteiger partial charge in [-0.15, -0.1) is 0 Å². The summed E-state index contributed by atoms with van der Waals surface area (Å²) >= 11 is 0. The Morgan fingerprint density at radius 1 is 1.47 bits per heavy atom. The molecule has 0 aromatic carbocycles. The van der Waals surface area contributed by atoms with E-state index in [9.17, 15) is 4.79 Å². The number of nitrogens with one attached hydrogen (secondary N) is 1. The third-order valence-corrected chi connectivity index (χ3v) is 3.57. The molecule has 1 heterocycles. The topological polar surface area (TPSA) is 32.3 Å². The van der Waals surface area contributed by atoms with Gasteiger partial charge in [0.25, 0.3) is 0 Å². The van der Waals surface area contributed by atoms with E-state index >= 15 is 0 Å². The second kappa shape index (κ2) is 5.50. The molecule has 1 rings (SSSR count). The van der Waals surface area contributed by atoms with E-state index in [1.54, 1.807) is 0 Å². The van der Waals surface area contributed by atoms with Crippen molar-refractivity contribution in [3.05, 3.63) is 0 Å². The van der Waals surface area contributed by atoms with E-state index in [1.807, 2.05) is 11.9 Å². The Labute approximate surface area is 93.2 Å². The van der Waals surface area contributed by atoms with Crippen molar-refractivity contribution in [1.82, 2.24) is 10.2 Å². The van der Waals surface area contributed by atoms with Crippen molar-refractivity contribution < 1.29 is 4.79 Å². The van der Waals surface area contributed by atoms with E-state index in [-0.39, 0.29) is 5.92 Å². The van der Waals surface area contributed by atoms with Gasteiger partial charge in [-0.3, -0.25) is 4.79 Å². The molecule has 0 radical (unpaired) electrons. The van der Waals surface area contributed by atoms with E-state index in [0.717, 1.165) is 26.1 Å². The molecule has 2 atom stereocenters. The fourth-order valence-electron chi connectivity index (χ4n) is 1.90. The van der Waals surface area contributed by atoms with Gasteiger partial charge in [0, 0.05) is 19.5 Å². The summed E-state index contributed by atoms with van der Waals surface area (Å²) in [6.45, 7) is 9.32.